The largest absolute Gasteiger partial charge is 0.366 e. The van der Waals surface area contributed by atoms with Crippen LogP contribution in [0.4, 0.5) is 0 Å². The van der Waals surface area contributed by atoms with E-state index in [4.69, 9.17) is 11.6 Å². The maximum Gasteiger partial charge on any atom is 0.277 e. The number of halogens is 1. The molecule has 1 saturated heterocycles. The lowest BCUT2D eigenvalue weighted by molar-refractivity contribution is -0.137. The normalized spacial score (nSPS) is 22.3. The third kappa shape index (κ3) is 2.88. The fourth-order valence-corrected chi connectivity index (χ4v) is 3.54. The number of benzene rings is 1. The van der Waals surface area contributed by atoms with E-state index in [-0.39, 0.29) is 11.8 Å². The minimum atomic E-state index is -0.201. The van der Waals surface area contributed by atoms with Crippen LogP contribution in [0.15, 0.2) is 30.0 Å². The molecule has 0 N–H and O–H groups in total. The minimum Gasteiger partial charge on any atom is -0.366 e. The summed E-state index contributed by atoms with van der Waals surface area (Å²) in [6.45, 7) is 6.06. The summed E-state index contributed by atoms with van der Waals surface area (Å²) in [4.78, 5) is 29.0. The van der Waals surface area contributed by atoms with Crippen LogP contribution in [0.1, 0.15) is 32.3 Å². The van der Waals surface area contributed by atoms with Crippen molar-refractivity contribution in [2.45, 2.75) is 26.7 Å². The van der Waals surface area contributed by atoms with Gasteiger partial charge < -0.3 is 4.90 Å². The van der Waals surface area contributed by atoms with Crippen molar-refractivity contribution in [2.75, 3.05) is 19.6 Å². The monoisotopic (exact) mass is 332 g/mol. The molecule has 122 valence electrons. The van der Waals surface area contributed by atoms with E-state index in [0.717, 1.165) is 25.1 Å². The van der Waals surface area contributed by atoms with E-state index in [9.17, 15) is 9.59 Å². The van der Waals surface area contributed by atoms with Gasteiger partial charge in [-0.1, -0.05) is 30.7 Å². The summed E-state index contributed by atoms with van der Waals surface area (Å²) in [6.07, 6.45) is 2.21. The van der Waals surface area contributed by atoms with E-state index in [2.05, 4.69) is 11.8 Å². The first-order valence-electron chi connectivity index (χ1n) is 8.14. The van der Waals surface area contributed by atoms with Gasteiger partial charge in [-0.05, 0) is 43.4 Å². The highest BCUT2D eigenvalue weighted by molar-refractivity contribution is 6.36. The van der Waals surface area contributed by atoms with Crippen LogP contribution in [0.25, 0.3) is 5.57 Å². The highest BCUT2D eigenvalue weighted by atomic mass is 35.5. The van der Waals surface area contributed by atoms with E-state index in [0.29, 0.717) is 28.8 Å². The standard InChI is InChI=1S/C18H21ClN2O2/c1-3-21-17(22)15(13-6-8-14(19)9-7-13)16(18(21)23)20-10-4-5-12(2)11-20/h6-9,12H,3-5,10-11H2,1-2H3. The summed E-state index contributed by atoms with van der Waals surface area (Å²) in [5.74, 6) is 0.158. The number of hydrogen-bond donors (Lipinski definition) is 0. The minimum absolute atomic E-state index is 0.170. The number of hydrogen-bond acceptors (Lipinski definition) is 3. The van der Waals surface area contributed by atoms with Crippen molar-refractivity contribution in [2.24, 2.45) is 5.92 Å². The molecule has 1 unspecified atom stereocenters. The number of carbonyl (C=O) groups is 2. The molecule has 0 spiro atoms. The van der Waals surface area contributed by atoms with Crippen molar-refractivity contribution in [3.8, 4) is 0 Å². The smallest absolute Gasteiger partial charge is 0.277 e. The van der Waals surface area contributed by atoms with Crippen LogP contribution in [-0.2, 0) is 9.59 Å². The predicted octanol–water partition coefficient (Wildman–Crippen LogP) is 3.17. The van der Waals surface area contributed by atoms with Gasteiger partial charge in [-0.2, -0.15) is 0 Å². The molecule has 5 heteroatoms. The molecular weight excluding hydrogens is 312 g/mol. The zero-order valence-electron chi connectivity index (χ0n) is 13.5. The first-order valence-corrected chi connectivity index (χ1v) is 8.52. The molecule has 2 aliphatic heterocycles. The van der Waals surface area contributed by atoms with Gasteiger partial charge in [0.1, 0.15) is 5.70 Å². The van der Waals surface area contributed by atoms with Gasteiger partial charge in [-0.15, -0.1) is 0 Å². The first kappa shape index (κ1) is 16.1. The Morgan fingerprint density at radius 2 is 1.87 bits per heavy atom. The highest BCUT2D eigenvalue weighted by Crippen LogP contribution is 2.34. The SMILES string of the molecule is CCN1C(=O)C(c2ccc(Cl)cc2)=C(N2CCCC(C)C2)C1=O. The average Bonchev–Trinajstić information content (AvgIpc) is 2.78. The van der Waals surface area contributed by atoms with Crippen molar-refractivity contribution in [3.05, 3.63) is 40.5 Å². The summed E-state index contributed by atoms with van der Waals surface area (Å²) in [5, 5.41) is 0.617. The third-order valence-electron chi connectivity index (χ3n) is 4.57. The first-order chi connectivity index (χ1) is 11.0. The number of rotatable bonds is 3. The fourth-order valence-electron chi connectivity index (χ4n) is 3.41. The van der Waals surface area contributed by atoms with E-state index in [1.807, 2.05) is 19.1 Å². The van der Waals surface area contributed by atoms with E-state index >= 15 is 0 Å². The number of likely N-dealkylation sites (N-methyl/N-ethyl adjacent to an activating group) is 1. The second kappa shape index (κ2) is 6.36. The van der Waals surface area contributed by atoms with E-state index in [1.54, 1.807) is 12.1 Å². The number of carbonyl (C=O) groups excluding carboxylic acids is 2. The van der Waals surface area contributed by atoms with Crippen LogP contribution in [0.2, 0.25) is 5.02 Å². The number of likely N-dealkylation sites (tertiary alicyclic amines) is 1. The molecular formula is C18H21ClN2O2. The van der Waals surface area contributed by atoms with Gasteiger partial charge >= 0.3 is 0 Å². The second-order valence-corrected chi connectivity index (χ2v) is 6.71. The molecule has 2 heterocycles. The Balaban J connectivity index is 2.08. The lowest BCUT2D eigenvalue weighted by Gasteiger charge is -2.33. The Morgan fingerprint density at radius 3 is 2.48 bits per heavy atom. The quantitative estimate of drug-likeness (QED) is 0.798. The topological polar surface area (TPSA) is 40.6 Å². The van der Waals surface area contributed by atoms with Crippen molar-refractivity contribution >= 4 is 29.0 Å². The average molecular weight is 333 g/mol. The van der Waals surface area contributed by atoms with Crippen LogP contribution in [0, 0.1) is 5.92 Å². The van der Waals surface area contributed by atoms with Crippen LogP contribution in [0.3, 0.4) is 0 Å². The molecule has 2 aliphatic rings. The Labute approximate surface area is 141 Å². The second-order valence-electron chi connectivity index (χ2n) is 6.28. The zero-order valence-corrected chi connectivity index (χ0v) is 14.3. The van der Waals surface area contributed by atoms with Gasteiger partial charge in [0, 0.05) is 24.7 Å². The molecule has 0 saturated carbocycles. The Morgan fingerprint density at radius 1 is 1.17 bits per heavy atom. The van der Waals surface area contributed by atoms with Crippen LogP contribution >= 0.6 is 11.6 Å². The Kier molecular flexibility index (Phi) is 4.44. The van der Waals surface area contributed by atoms with Gasteiger partial charge in [0.05, 0.1) is 5.57 Å². The Hall–Kier alpha value is -1.81. The molecule has 1 aromatic rings. The molecule has 2 amide bonds. The Bertz CT molecular complexity index is 666. The molecule has 0 aromatic heterocycles. The molecule has 0 aliphatic carbocycles. The zero-order chi connectivity index (χ0) is 16.6. The van der Waals surface area contributed by atoms with Crippen LogP contribution < -0.4 is 0 Å². The van der Waals surface area contributed by atoms with Crippen molar-refractivity contribution < 1.29 is 9.59 Å². The van der Waals surface area contributed by atoms with E-state index < -0.39 is 0 Å². The maximum atomic E-state index is 12.8. The van der Waals surface area contributed by atoms with Crippen molar-refractivity contribution in [3.63, 3.8) is 0 Å². The third-order valence-corrected chi connectivity index (χ3v) is 4.82. The van der Waals surface area contributed by atoms with Gasteiger partial charge in [0.15, 0.2) is 0 Å². The summed E-state index contributed by atoms with van der Waals surface area (Å²) in [7, 11) is 0. The van der Waals surface area contributed by atoms with Crippen molar-refractivity contribution in [1.82, 2.24) is 9.80 Å². The molecule has 0 radical (unpaired) electrons. The number of imide groups is 1. The van der Waals surface area contributed by atoms with E-state index in [1.165, 1.54) is 11.3 Å². The summed E-state index contributed by atoms with van der Waals surface area (Å²) >= 11 is 5.95. The van der Waals surface area contributed by atoms with Gasteiger partial charge in [-0.25, -0.2) is 0 Å². The van der Waals surface area contributed by atoms with Gasteiger partial charge in [0.2, 0.25) is 0 Å². The molecule has 4 nitrogen and oxygen atoms in total. The van der Waals surface area contributed by atoms with Crippen molar-refractivity contribution in [1.29, 1.82) is 0 Å². The van der Waals surface area contributed by atoms with Crippen LogP contribution in [-0.4, -0.2) is 41.2 Å². The molecule has 1 atom stereocenters. The fraction of sp³-hybridized carbons (Fsp3) is 0.444. The summed E-state index contributed by atoms with van der Waals surface area (Å²) in [6, 6.07) is 7.14. The van der Waals surface area contributed by atoms with Crippen LogP contribution in [0.5, 0.6) is 0 Å². The number of nitrogens with zero attached hydrogens (tertiary/aromatic N) is 2. The number of amides is 2. The molecule has 1 fully saturated rings. The number of piperidine rings is 1. The molecule has 0 bridgehead atoms. The summed E-state index contributed by atoms with van der Waals surface area (Å²) in [5.41, 5.74) is 1.84. The highest BCUT2D eigenvalue weighted by Gasteiger charge is 2.41. The predicted molar refractivity (Wildman–Crippen MR) is 90.7 cm³/mol. The van der Waals surface area contributed by atoms with Gasteiger partial charge in [0.25, 0.3) is 11.8 Å². The molecule has 1 aromatic carbocycles. The lowest BCUT2D eigenvalue weighted by Crippen LogP contribution is -2.39. The maximum absolute atomic E-state index is 12.8. The lowest BCUT2D eigenvalue weighted by atomic mass is 9.98. The molecule has 23 heavy (non-hydrogen) atoms. The summed E-state index contributed by atoms with van der Waals surface area (Å²) < 4.78 is 0. The molecule has 3 rings (SSSR count). The van der Waals surface area contributed by atoms with Gasteiger partial charge in [-0.3, -0.25) is 14.5 Å².